The van der Waals surface area contributed by atoms with Crippen molar-refractivity contribution in [3.05, 3.63) is 35.2 Å². The quantitative estimate of drug-likeness (QED) is 0.778. The number of thiophene rings is 1. The third kappa shape index (κ3) is 3.13. The summed E-state index contributed by atoms with van der Waals surface area (Å²) in [6.07, 6.45) is 0. The van der Waals surface area contributed by atoms with Crippen LogP contribution >= 0.6 is 18.9 Å². The average Bonchev–Trinajstić information content (AvgIpc) is 2.87. The van der Waals surface area contributed by atoms with E-state index >= 15 is 0 Å². The lowest BCUT2D eigenvalue weighted by atomic mass is 10.1. The Bertz CT molecular complexity index is 600. The van der Waals surface area contributed by atoms with E-state index in [1.54, 1.807) is 25.2 Å². The van der Waals surface area contributed by atoms with E-state index < -0.39 is 13.3 Å². The Balaban J connectivity index is 2.40. The Labute approximate surface area is 122 Å². The van der Waals surface area contributed by atoms with E-state index in [0.717, 1.165) is 15.6 Å². The highest BCUT2D eigenvalue weighted by atomic mass is 32.1. The molecule has 110 valence electrons. The summed E-state index contributed by atoms with van der Waals surface area (Å²) in [6, 6.07) is 7.80. The van der Waals surface area contributed by atoms with Crippen molar-refractivity contribution in [2.75, 3.05) is 19.8 Å². The van der Waals surface area contributed by atoms with Crippen LogP contribution in [0.1, 0.15) is 25.1 Å². The Hall–Kier alpha value is -0.710. The maximum atomic E-state index is 12.8. The van der Waals surface area contributed by atoms with Crippen LogP contribution in [0, 0.1) is 0 Å². The second kappa shape index (κ2) is 6.83. The zero-order chi connectivity index (χ0) is 14.6. The fourth-order valence-corrected chi connectivity index (χ4v) is 4.81. The molecule has 1 aromatic carbocycles. The number of fused-ring (bicyclic) bond motifs is 1. The van der Waals surface area contributed by atoms with Gasteiger partial charge < -0.3 is 14.2 Å². The Morgan fingerprint density at radius 2 is 1.95 bits per heavy atom. The smallest absolute Gasteiger partial charge is 0.340 e. The second-order valence-electron chi connectivity index (χ2n) is 4.29. The van der Waals surface area contributed by atoms with Crippen LogP contribution in [-0.4, -0.2) is 24.9 Å². The number of hydrogen-bond donors (Lipinski definition) is 1. The molecule has 0 aliphatic carbocycles. The van der Waals surface area contributed by atoms with Crippen LogP contribution < -0.4 is 0 Å². The zero-order valence-electron chi connectivity index (χ0n) is 11.6. The van der Waals surface area contributed by atoms with Crippen molar-refractivity contribution in [3.8, 4) is 0 Å². The maximum absolute atomic E-state index is 12.8. The minimum atomic E-state index is -3.36. The Morgan fingerprint density at radius 3 is 2.55 bits per heavy atom. The molecule has 0 fully saturated rings. The predicted octanol–water partition coefficient (Wildman–Crippen LogP) is 4.20. The molecule has 0 amide bonds. The van der Waals surface area contributed by atoms with Gasteiger partial charge in [-0.2, -0.15) is 0 Å². The average molecular weight is 314 g/mol. The topological polar surface area (TPSA) is 55.8 Å². The van der Waals surface area contributed by atoms with Gasteiger partial charge in [0.1, 0.15) is 5.66 Å². The molecule has 4 nitrogen and oxygen atoms in total. The van der Waals surface area contributed by atoms with Crippen LogP contribution in [0.3, 0.4) is 0 Å². The number of aliphatic hydroxyl groups is 1. The first-order valence-electron chi connectivity index (χ1n) is 6.61. The number of rotatable bonds is 7. The molecule has 0 saturated heterocycles. The van der Waals surface area contributed by atoms with E-state index in [0.29, 0.717) is 0 Å². The van der Waals surface area contributed by atoms with Crippen molar-refractivity contribution >= 4 is 29.0 Å². The van der Waals surface area contributed by atoms with E-state index in [9.17, 15) is 9.67 Å². The maximum Gasteiger partial charge on any atom is 0.340 e. The van der Waals surface area contributed by atoms with E-state index in [2.05, 4.69) is 0 Å². The summed E-state index contributed by atoms with van der Waals surface area (Å²) < 4.78 is 24.7. The highest BCUT2D eigenvalue weighted by molar-refractivity contribution is 7.54. The van der Waals surface area contributed by atoms with Gasteiger partial charge in [0.15, 0.2) is 0 Å². The molecule has 0 bridgehead atoms. The van der Waals surface area contributed by atoms with Crippen LogP contribution in [0.25, 0.3) is 10.1 Å². The first kappa shape index (κ1) is 15.7. The Morgan fingerprint density at radius 1 is 1.25 bits per heavy atom. The number of benzene rings is 1. The molecule has 0 saturated carbocycles. The lowest BCUT2D eigenvalue weighted by molar-refractivity contribution is 0.194. The molecule has 2 aromatic rings. The van der Waals surface area contributed by atoms with Crippen molar-refractivity contribution in [3.63, 3.8) is 0 Å². The molecule has 1 unspecified atom stereocenters. The highest BCUT2D eigenvalue weighted by Crippen LogP contribution is 2.60. The van der Waals surface area contributed by atoms with E-state index in [1.807, 2.05) is 29.6 Å². The molecular weight excluding hydrogens is 295 g/mol. The van der Waals surface area contributed by atoms with E-state index in [-0.39, 0.29) is 19.8 Å². The molecule has 6 heteroatoms. The second-order valence-corrected chi connectivity index (χ2v) is 7.46. The minimum absolute atomic E-state index is 0.271. The standard InChI is InChI=1S/C14H19O4PS/c1-3-17-19(16,18-4-2)13(10-15)11-5-6-14-12(9-11)7-8-20-14/h5-9,13,15H,3-4,10H2,1-2H3. The third-order valence-electron chi connectivity index (χ3n) is 3.03. The molecule has 1 heterocycles. The van der Waals surface area contributed by atoms with Gasteiger partial charge in [0.2, 0.25) is 0 Å². The highest BCUT2D eigenvalue weighted by Gasteiger charge is 2.36. The van der Waals surface area contributed by atoms with Crippen molar-refractivity contribution in [1.82, 2.24) is 0 Å². The van der Waals surface area contributed by atoms with Gasteiger partial charge in [-0.05, 0) is 48.4 Å². The summed E-state index contributed by atoms with van der Waals surface area (Å²) >= 11 is 1.65. The predicted molar refractivity (Wildman–Crippen MR) is 82.5 cm³/mol. The van der Waals surface area contributed by atoms with Crippen LogP contribution in [-0.2, 0) is 13.6 Å². The van der Waals surface area contributed by atoms with Gasteiger partial charge in [-0.15, -0.1) is 11.3 Å². The molecule has 0 spiro atoms. The third-order valence-corrected chi connectivity index (χ3v) is 6.39. The van der Waals surface area contributed by atoms with E-state index in [1.165, 1.54) is 0 Å². The minimum Gasteiger partial charge on any atom is -0.395 e. The molecule has 1 aromatic heterocycles. The van der Waals surface area contributed by atoms with Crippen LogP contribution in [0.4, 0.5) is 0 Å². The van der Waals surface area contributed by atoms with Gasteiger partial charge in [0.25, 0.3) is 0 Å². The molecule has 0 radical (unpaired) electrons. The van der Waals surface area contributed by atoms with Crippen molar-refractivity contribution in [1.29, 1.82) is 0 Å². The normalized spacial score (nSPS) is 13.8. The molecule has 1 atom stereocenters. The van der Waals surface area contributed by atoms with Gasteiger partial charge in [-0.25, -0.2) is 0 Å². The van der Waals surface area contributed by atoms with Gasteiger partial charge in [0.05, 0.1) is 19.8 Å². The van der Waals surface area contributed by atoms with Crippen molar-refractivity contribution < 1.29 is 18.7 Å². The number of hydrogen-bond acceptors (Lipinski definition) is 5. The van der Waals surface area contributed by atoms with Crippen LogP contribution in [0.2, 0.25) is 0 Å². The van der Waals surface area contributed by atoms with E-state index in [4.69, 9.17) is 9.05 Å². The molecule has 0 aliphatic heterocycles. The van der Waals surface area contributed by atoms with Gasteiger partial charge >= 0.3 is 7.60 Å². The van der Waals surface area contributed by atoms with Gasteiger partial charge in [-0.1, -0.05) is 6.07 Å². The molecule has 2 rings (SSSR count). The summed E-state index contributed by atoms with van der Waals surface area (Å²) in [7, 11) is -3.36. The summed E-state index contributed by atoms with van der Waals surface area (Å²) in [5.41, 5.74) is 0.135. The van der Waals surface area contributed by atoms with Crippen molar-refractivity contribution in [2.24, 2.45) is 0 Å². The van der Waals surface area contributed by atoms with Gasteiger partial charge in [-0.3, -0.25) is 4.57 Å². The first-order valence-corrected chi connectivity index (χ1v) is 9.10. The lowest BCUT2D eigenvalue weighted by Crippen LogP contribution is -2.10. The lowest BCUT2D eigenvalue weighted by Gasteiger charge is -2.25. The fourth-order valence-electron chi connectivity index (χ4n) is 2.16. The summed E-state index contributed by atoms with van der Waals surface area (Å²) in [4.78, 5) is 0. The molecule has 1 N–H and O–H groups in total. The van der Waals surface area contributed by atoms with Crippen molar-refractivity contribution in [2.45, 2.75) is 19.5 Å². The fraction of sp³-hybridized carbons (Fsp3) is 0.429. The zero-order valence-corrected chi connectivity index (χ0v) is 13.3. The molecular formula is C14H19O4PS. The van der Waals surface area contributed by atoms with Crippen LogP contribution in [0.15, 0.2) is 29.6 Å². The first-order chi connectivity index (χ1) is 9.64. The summed E-state index contributed by atoms with van der Waals surface area (Å²) in [6.45, 7) is 3.83. The molecule has 20 heavy (non-hydrogen) atoms. The summed E-state index contributed by atoms with van der Waals surface area (Å²) in [5, 5.41) is 12.7. The Kier molecular flexibility index (Phi) is 5.35. The van der Waals surface area contributed by atoms with Gasteiger partial charge in [0, 0.05) is 4.70 Å². The monoisotopic (exact) mass is 314 g/mol. The number of aliphatic hydroxyl groups excluding tert-OH is 1. The largest absolute Gasteiger partial charge is 0.395 e. The van der Waals surface area contributed by atoms with Crippen LogP contribution in [0.5, 0.6) is 0 Å². The summed E-state index contributed by atoms with van der Waals surface area (Å²) in [5.74, 6) is 0. The molecule has 0 aliphatic rings. The SMILES string of the molecule is CCOP(=O)(OCC)C(CO)c1ccc2sccc2c1.